The fraction of sp³-hybridized carbons (Fsp3) is 0.211. The first-order valence-corrected chi connectivity index (χ1v) is 7.97. The van der Waals surface area contributed by atoms with Crippen molar-refractivity contribution in [3.63, 3.8) is 0 Å². The van der Waals surface area contributed by atoms with Crippen molar-refractivity contribution in [1.82, 2.24) is 5.32 Å². The van der Waals surface area contributed by atoms with Crippen molar-refractivity contribution >= 4 is 17.6 Å². The minimum Gasteiger partial charge on any atom is -0.548 e. The van der Waals surface area contributed by atoms with Crippen LogP contribution in [0.25, 0.3) is 0 Å². The number of carbonyl (C=O) groups is 2. The van der Waals surface area contributed by atoms with Crippen molar-refractivity contribution in [1.29, 1.82) is 0 Å². The van der Waals surface area contributed by atoms with E-state index < -0.39 is 24.0 Å². The lowest BCUT2D eigenvalue weighted by atomic mass is 10.0. The maximum Gasteiger partial charge on any atom is 0.264 e. The number of amides is 1. The number of aliphatic carboxylic acids is 1. The maximum atomic E-state index is 12.3. The van der Waals surface area contributed by atoms with Crippen molar-refractivity contribution in [2.75, 3.05) is 0 Å². The zero-order chi connectivity index (χ0) is 17.6. The Morgan fingerprint density at radius 2 is 1.76 bits per heavy atom. The van der Waals surface area contributed by atoms with Gasteiger partial charge in [0.15, 0.2) is 0 Å². The highest BCUT2D eigenvalue weighted by Crippen LogP contribution is 2.17. The molecule has 1 amide bonds. The Kier molecular flexibility index (Phi) is 5.09. The SMILES string of the molecule is O=C(N[C@H](Cc1ccccc1)C(=O)[O-])[C@@H]1CC(c2ccccc2)=NO1. The minimum absolute atomic E-state index is 0.147. The van der Waals surface area contributed by atoms with Crippen LogP contribution in [0, 0.1) is 0 Å². The van der Waals surface area contributed by atoms with Gasteiger partial charge in [0.05, 0.1) is 17.7 Å². The van der Waals surface area contributed by atoms with Crippen LogP contribution in [0.15, 0.2) is 65.8 Å². The molecule has 128 valence electrons. The Labute approximate surface area is 145 Å². The Morgan fingerprint density at radius 1 is 1.12 bits per heavy atom. The van der Waals surface area contributed by atoms with Crippen LogP contribution in [-0.2, 0) is 20.8 Å². The molecule has 1 aliphatic rings. The van der Waals surface area contributed by atoms with E-state index in [1.165, 1.54) is 0 Å². The van der Waals surface area contributed by atoms with E-state index in [0.29, 0.717) is 12.1 Å². The highest BCUT2D eigenvalue weighted by atomic mass is 16.6. The average molecular weight is 337 g/mol. The number of hydrogen-bond acceptors (Lipinski definition) is 5. The Morgan fingerprint density at radius 3 is 2.40 bits per heavy atom. The third-order valence-electron chi connectivity index (χ3n) is 3.95. The van der Waals surface area contributed by atoms with E-state index in [1.54, 1.807) is 12.1 Å². The molecule has 1 heterocycles. The molecule has 0 radical (unpaired) electrons. The second kappa shape index (κ2) is 7.61. The predicted molar refractivity (Wildman–Crippen MR) is 89.6 cm³/mol. The third-order valence-corrected chi connectivity index (χ3v) is 3.95. The van der Waals surface area contributed by atoms with E-state index in [1.807, 2.05) is 48.5 Å². The lowest BCUT2D eigenvalue weighted by Gasteiger charge is -2.21. The molecular formula is C19H17N2O4-. The van der Waals surface area contributed by atoms with Gasteiger partial charge < -0.3 is 20.1 Å². The lowest BCUT2D eigenvalue weighted by molar-refractivity contribution is -0.308. The molecule has 1 N–H and O–H groups in total. The molecule has 0 fully saturated rings. The number of nitrogens with zero attached hydrogens (tertiary/aromatic N) is 1. The topological polar surface area (TPSA) is 90.8 Å². The first-order valence-electron chi connectivity index (χ1n) is 7.97. The molecule has 6 heteroatoms. The van der Waals surface area contributed by atoms with Gasteiger partial charge in [-0.1, -0.05) is 65.8 Å². The molecular weight excluding hydrogens is 320 g/mol. The molecule has 6 nitrogen and oxygen atoms in total. The second-order valence-corrected chi connectivity index (χ2v) is 5.77. The summed E-state index contributed by atoms with van der Waals surface area (Å²) in [5.74, 6) is -1.85. The molecule has 2 atom stereocenters. The molecule has 25 heavy (non-hydrogen) atoms. The van der Waals surface area contributed by atoms with Crippen molar-refractivity contribution in [2.45, 2.75) is 25.0 Å². The van der Waals surface area contributed by atoms with Crippen LogP contribution in [0.5, 0.6) is 0 Å². The van der Waals surface area contributed by atoms with Gasteiger partial charge in [0.25, 0.3) is 5.91 Å². The van der Waals surface area contributed by atoms with Crippen molar-refractivity contribution in [3.05, 3.63) is 71.8 Å². The van der Waals surface area contributed by atoms with Crippen LogP contribution in [0.3, 0.4) is 0 Å². The number of carbonyl (C=O) groups excluding carboxylic acids is 2. The summed E-state index contributed by atoms with van der Waals surface area (Å²) in [5.41, 5.74) is 2.33. The predicted octanol–water partition coefficient (Wildman–Crippen LogP) is 0.657. The Hall–Kier alpha value is -3.15. The summed E-state index contributed by atoms with van der Waals surface area (Å²) in [4.78, 5) is 28.8. The number of hydrogen-bond donors (Lipinski definition) is 1. The highest BCUT2D eigenvalue weighted by molar-refractivity contribution is 6.04. The van der Waals surface area contributed by atoms with Gasteiger partial charge in [0.2, 0.25) is 6.10 Å². The molecule has 0 unspecified atom stereocenters. The third kappa shape index (κ3) is 4.23. The molecule has 0 saturated heterocycles. The first-order chi connectivity index (χ1) is 12.1. The zero-order valence-electron chi connectivity index (χ0n) is 13.4. The smallest absolute Gasteiger partial charge is 0.264 e. The average Bonchev–Trinajstić information content (AvgIpc) is 3.13. The molecule has 2 aromatic rings. The van der Waals surface area contributed by atoms with Gasteiger partial charge in [-0.05, 0) is 17.5 Å². The van der Waals surface area contributed by atoms with Crippen LogP contribution < -0.4 is 10.4 Å². The van der Waals surface area contributed by atoms with Crippen LogP contribution in [0.4, 0.5) is 0 Å². The summed E-state index contributed by atoms with van der Waals surface area (Å²) in [7, 11) is 0. The largest absolute Gasteiger partial charge is 0.548 e. The summed E-state index contributed by atoms with van der Waals surface area (Å²) in [5, 5.41) is 17.8. The van der Waals surface area contributed by atoms with Gasteiger partial charge in [-0.25, -0.2) is 0 Å². The monoisotopic (exact) mass is 337 g/mol. The van der Waals surface area contributed by atoms with Gasteiger partial charge in [-0.15, -0.1) is 0 Å². The number of oxime groups is 1. The normalized spacial score (nSPS) is 17.3. The van der Waals surface area contributed by atoms with E-state index in [0.717, 1.165) is 11.1 Å². The lowest BCUT2D eigenvalue weighted by Crippen LogP contribution is -2.51. The molecule has 0 aliphatic carbocycles. The van der Waals surface area contributed by atoms with Gasteiger partial charge >= 0.3 is 0 Å². The first kappa shape index (κ1) is 16.7. The number of nitrogens with one attached hydrogen (secondary N) is 1. The van der Waals surface area contributed by atoms with E-state index in [4.69, 9.17) is 4.84 Å². The molecule has 0 aromatic heterocycles. The molecule has 0 bridgehead atoms. The van der Waals surface area contributed by atoms with Gasteiger partial charge in [0, 0.05) is 6.42 Å². The van der Waals surface area contributed by atoms with Crippen molar-refractivity contribution in [3.8, 4) is 0 Å². The number of carboxylic acid groups (broad SMARTS) is 1. The van der Waals surface area contributed by atoms with E-state index in [9.17, 15) is 14.7 Å². The Balaban J connectivity index is 1.60. The molecule has 3 rings (SSSR count). The van der Waals surface area contributed by atoms with Crippen LogP contribution in [0.1, 0.15) is 17.5 Å². The van der Waals surface area contributed by atoms with Crippen molar-refractivity contribution < 1.29 is 19.5 Å². The van der Waals surface area contributed by atoms with Gasteiger partial charge in [-0.3, -0.25) is 4.79 Å². The molecule has 0 spiro atoms. The molecule has 0 saturated carbocycles. The molecule has 2 aromatic carbocycles. The zero-order valence-corrected chi connectivity index (χ0v) is 13.4. The number of rotatable bonds is 6. The second-order valence-electron chi connectivity index (χ2n) is 5.77. The van der Waals surface area contributed by atoms with E-state index in [2.05, 4.69) is 10.5 Å². The molecule has 1 aliphatic heterocycles. The van der Waals surface area contributed by atoms with Crippen molar-refractivity contribution in [2.24, 2.45) is 5.16 Å². The van der Waals surface area contributed by atoms with Crippen LogP contribution >= 0.6 is 0 Å². The summed E-state index contributed by atoms with van der Waals surface area (Å²) in [6.07, 6.45) is -0.401. The Bertz CT molecular complexity index is 775. The summed E-state index contributed by atoms with van der Waals surface area (Å²) < 4.78 is 0. The maximum absolute atomic E-state index is 12.3. The van der Waals surface area contributed by atoms with Crippen LogP contribution in [0.2, 0.25) is 0 Å². The summed E-state index contributed by atoms with van der Waals surface area (Å²) >= 11 is 0. The fourth-order valence-corrected chi connectivity index (χ4v) is 2.63. The fourth-order valence-electron chi connectivity index (χ4n) is 2.63. The van der Waals surface area contributed by atoms with Gasteiger partial charge in [-0.2, -0.15) is 0 Å². The number of benzene rings is 2. The summed E-state index contributed by atoms with van der Waals surface area (Å²) in [6, 6.07) is 17.3. The van der Waals surface area contributed by atoms with E-state index in [-0.39, 0.29) is 6.42 Å². The standard InChI is InChI=1S/C19H18N2O4/c22-18(17-12-15(21-25-17)14-9-5-2-6-10-14)20-16(19(23)24)11-13-7-3-1-4-8-13/h1-10,16-17H,11-12H2,(H,20,22)(H,23,24)/p-1/t16-,17+/m1/s1. The quantitative estimate of drug-likeness (QED) is 0.838. The van der Waals surface area contributed by atoms with Gasteiger partial charge in [0.1, 0.15) is 0 Å². The minimum atomic E-state index is -1.33. The summed E-state index contributed by atoms with van der Waals surface area (Å²) in [6.45, 7) is 0. The highest BCUT2D eigenvalue weighted by Gasteiger charge is 2.30. The van der Waals surface area contributed by atoms with E-state index >= 15 is 0 Å². The number of carboxylic acids is 1. The van der Waals surface area contributed by atoms with Crippen LogP contribution in [-0.4, -0.2) is 29.7 Å².